The minimum absolute atomic E-state index is 0.0802. The Morgan fingerprint density at radius 2 is 1.80 bits per heavy atom. The molecule has 0 aromatic heterocycles. The molecule has 2 unspecified atom stereocenters. The van der Waals surface area contributed by atoms with Gasteiger partial charge in [-0.05, 0) is 52.4 Å². The van der Waals surface area contributed by atoms with Crippen LogP contribution < -0.4 is 5.32 Å². The van der Waals surface area contributed by atoms with Crippen LogP contribution in [0.2, 0.25) is 0 Å². The molecule has 0 radical (unpaired) electrons. The van der Waals surface area contributed by atoms with Gasteiger partial charge in [-0.3, -0.25) is 4.79 Å². The second kappa shape index (κ2) is 8.46. The van der Waals surface area contributed by atoms with Crippen LogP contribution >= 0.6 is 0 Å². The van der Waals surface area contributed by atoms with Gasteiger partial charge in [0.05, 0.1) is 12.2 Å². The van der Waals surface area contributed by atoms with Crippen LogP contribution in [0.15, 0.2) is 12.2 Å². The van der Waals surface area contributed by atoms with E-state index in [4.69, 9.17) is 4.74 Å². The first-order valence-corrected chi connectivity index (χ1v) is 7.65. The predicted molar refractivity (Wildman–Crippen MR) is 85.7 cm³/mol. The second-order valence-electron chi connectivity index (χ2n) is 7.02. The van der Waals surface area contributed by atoms with Crippen LogP contribution in [0.4, 0.5) is 0 Å². The van der Waals surface area contributed by atoms with Gasteiger partial charge in [0, 0.05) is 11.6 Å². The minimum Gasteiger partial charge on any atom is -0.375 e. The number of carbonyl (C=O) groups is 1. The van der Waals surface area contributed by atoms with E-state index in [2.05, 4.69) is 46.5 Å². The van der Waals surface area contributed by atoms with Crippen molar-refractivity contribution in [2.45, 2.75) is 73.0 Å². The summed E-state index contributed by atoms with van der Waals surface area (Å²) in [6, 6.07) is 0.0834. The topological polar surface area (TPSA) is 38.3 Å². The third-order valence-corrected chi connectivity index (χ3v) is 3.66. The van der Waals surface area contributed by atoms with E-state index in [9.17, 15) is 4.79 Å². The first-order valence-electron chi connectivity index (χ1n) is 7.65. The van der Waals surface area contributed by atoms with Crippen molar-refractivity contribution in [2.75, 3.05) is 6.61 Å². The lowest BCUT2D eigenvalue weighted by Gasteiger charge is -2.30. The average molecular weight is 283 g/mol. The molecule has 0 aromatic rings. The molecular formula is C17H33NO2. The molecule has 0 saturated heterocycles. The number of amides is 1. The molecule has 3 nitrogen and oxygen atoms in total. The third kappa shape index (κ3) is 8.36. The molecule has 0 aliphatic carbocycles. The van der Waals surface area contributed by atoms with E-state index in [0.29, 0.717) is 18.1 Å². The Morgan fingerprint density at radius 3 is 2.25 bits per heavy atom. The fraction of sp³-hybridized carbons (Fsp3) is 0.824. The Hall–Kier alpha value is -0.830. The first kappa shape index (κ1) is 19.2. The second-order valence-corrected chi connectivity index (χ2v) is 7.02. The number of carbonyl (C=O) groups excluding carboxylic acids is 1. The molecular weight excluding hydrogens is 250 g/mol. The van der Waals surface area contributed by atoms with Crippen LogP contribution in [-0.4, -0.2) is 24.2 Å². The van der Waals surface area contributed by atoms with E-state index < -0.39 is 0 Å². The summed E-state index contributed by atoms with van der Waals surface area (Å²) in [7, 11) is 0. The van der Waals surface area contributed by atoms with E-state index >= 15 is 0 Å². The van der Waals surface area contributed by atoms with Gasteiger partial charge in [0.2, 0.25) is 5.91 Å². The number of hydrogen-bond donors (Lipinski definition) is 1. The summed E-state index contributed by atoms with van der Waals surface area (Å²) in [6.07, 6.45) is 2.23. The van der Waals surface area contributed by atoms with Gasteiger partial charge in [-0.1, -0.05) is 27.4 Å². The van der Waals surface area contributed by atoms with Crippen molar-refractivity contribution in [1.29, 1.82) is 0 Å². The smallest absolute Gasteiger partial charge is 0.246 e. The maximum absolute atomic E-state index is 11.6. The van der Waals surface area contributed by atoms with Crippen molar-refractivity contribution in [3.05, 3.63) is 12.2 Å². The standard InChI is InChI=1S/C17H33NO2/c1-12(2)9-10-17(7,8)20-11-14(5)15(6)18-16(19)13(3)4/h12,14-15H,3,9-11H2,1-2,4-8H3,(H,18,19). The highest BCUT2D eigenvalue weighted by molar-refractivity contribution is 5.92. The van der Waals surface area contributed by atoms with Gasteiger partial charge < -0.3 is 10.1 Å². The van der Waals surface area contributed by atoms with E-state index in [1.54, 1.807) is 6.92 Å². The monoisotopic (exact) mass is 283 g/mol. The van der Waals surface area contributed by atoms with Crippen molar-refractivity contribution < 1.29 is 9.53 Å². The molecule has 0 aromatic carbocycles. The molecule has 1 N–H and O–H groups in total. The van der Waals surface area contributed by atoms with Crippen LogP contribution in [0.1, 0.15) is 61.3 Å². The first-order chi connectivity index (χ1) is 9.05. The zero-order valence-electron chi connectivity index (χ0n) is 14.4. The maximum Gasteiger partial charge on any atom is 0.246 e. The van der Waals surface area contributed by atoms with Gasteiger partial charge in [-0.25, -0.2) is 0 Å². The highest BCUT2D eigenvalue weighted by Crippen LogP contribution is 2.21. The Balaban J connectivity index is 4.16. The average Bonchev–Trinajstić information content (AvgIpc) is 2.33. The highest BCUT2D eigenvalue weighted by Gasteiger charge is 2.22. The predicted octanol–water partition coefficient (Wildman–Crippen LogP) is 3.93. The lowest BCUT2D eigenvalue weighted by atomic mass is 9.96. The molecule has 118 valence electrons. The summed E-state index contributed by atoms with van der Waals surface area (Å²) in [6.45, 7) is 18.9. The SMILES string of the molecule is C=C(C)C(=O)NC(C)C(C)COC(C)(C)CCC(C)C. The number of nitrogens with one attached hydrogen (secondary N) is 1. The molecule has 20 heavy (non-hydrogen) atoms. The summed E-state index contributed by atoms with van der Waals surface area (Å²) >= 11 is 0. The fourth-order valence-corrected chi connectivity index (χ4v) is 1.68. The summed E-state index contributed by atoms with van der Waals surface area (Å²) < 4.78 is 6.03. The van der Waals surface area contributed by atoms with Crippen molar-refractivity contribution >= 4 is 5.91 Å². The Morgan fingerprint density at radius 1 is 1.25 bits per heavy atom. The van der Waals surface area contributed by atoms with E-state index in [1.807, 2.05) is 6.92 Å². The zero-order valence-corrected chi connectivity index (χ0v) is 14.4. The van der Waals surface area contributed by atoms with Crippen LogP contribution in [0.25, 0.3) is 0 Å². The molecule has 0 bridgehead atoms. The van der Waals surface area contributed by atoms with Gasteiger partial charge in [-0.2, -0.15) is 0 Å². The van der Waals surface area contributed by atoms with E-state index in [0.717, 1.165) is 6.42 Å². The van der Waals surface area contributed by atoms with Gasteiger partial charge >= 0.3 is 0 Å². The largest absolute Gasteiger partial charge is 0.375 e. The Labute approximate surface area is 125 Å². The van der Waals surface area contributed by atoms with Crippen LogP contribution in [0.5, 0.6) is 0 Å². The van der Waals surface area contributed by atoms with E-state index in [1.165, 1.54) is 6.42 Å². The quantitative estimate of drug-likeness (QED) is 0.651. The Bertz CT molecular complexity index is 321. The molecule has 0 aliphatic rings. The van der Waals surface area contributed by atoms with Gasteiger partial charge in [0.1, 0.15) is 0 Å². The summed E-state index contributed by atoms with van der Waals surface area (Å²) in [5.74, 6) is 0.893. The summed E-state index contributed by atoms with van der Waals surface area (Å²) in [5.41, 5.74) is 0.443. The van der Waals surface area contributed by atoms with E-state index in [-0.39, 0.29) is 23.5 Å². The van der Waals surface area contributed by atoms with Crippen LogP contribution in [0.3, 0.4) is 0 Å². The summed E-state index contributed by atoms with van der Waals surface area (Å²) in [4.78, 5) is 11.6. The normalized spacial score (nSPS) is 15.0. The number of ether oxygens (including phenoxy) is 1. The van der Waals surface area contributed by atoms with Gasteiger partial charge in [-0.15, -0.1) is 0 Å². The summed E-state index contributed by atoms with van der Waals surface area (Å²) in [5, 5.41) is 2.95. The molecule has 2 atom stereocenters. The molecule has 0 heterocycles. The van der Waals surface area contributed by atoms with Gasteiger partial charge in [0.15, 0.2) is 0 Å². The molecule has 0 rings (SSSR count). The molecule has 0 saturated carbocycles. The highest BCUT2D eigenvalue weighted by atomic mass is 16.5. The van der Waals surface area contributed by atoms with Crippen molar-refractivity contribution in [2.24, 2.45) is 11.8 Å². The van der Waals surface area contributed by atoms with Crippen molar-refractivity contribution in [3.63, 3.8) is 0 Å². The van der Waals surface area contributed by atoms with Crippen LogP contribution in [0, 0.1) is 11.8 Å². The third-order valence-electron chi connectivity index (χ3n) is 3.66. The lowest BCUT2D eigenvalue weighted by molar-refractivity contribution is -0.118. The fourth-order valence-electron chi connectivity index (χ4n) is 1.68. The molecule has 0 spiro atoms. The number of rotatable bonds is 9. The minimum atomic E-state index is -0.101. The van der Waals surface area contributed by atoms with Crippen molar-refractivity contribution in [1.82, 2.24) is 5.32 Å². The van der Waals surface area contributed by atoms with Crippen molar-refractivity contribution in [3.8, 4) is 0 Å². The lowest BCUT2D eigenvalue weighted by Crippen LogP contribution is -2.40. The molecule has 1 amide bonds. The zero-order chi connectivity index (χ0) is 15.9. The van der Waals surface area contributed by atoms with Gasteiger partial charge in [0.25, 0.3) is 0 Å². The number of hydrogen-bond acceptors (Lipinski definition) is 2. The maximum atomic E-state index is 11.6. The van der Waals surface area contributed by atoms with Crippen LogP contribution in [-0.2, 0) is 9.53 Å². The Kier molecular flexibility index (Phi) is 8.10. The molecule has 0 fully saturated rings. The molecule has 3 heteroatoms. The molecule has 0 aliphatic heterocycles.